The third-order valence-corrected chi connectivity index (χ3v) is 4.71. The van der Waals surface area contributed by atoms with Crippen LogP contribution in [0.3, 0.4) is 0 Å². The van der Waals surface area contributed by atoms with Gasteiger partial charge in [0.2, 0.25) is 0 Å². The average molecular weight is 362 g/mol. The van der Waals surface area contributed by atoms with Gasteiger partial charge < -0.3 is 10.1 Å². The second-order valence-electron chi connectivity index (χ2n) is 5.36. The number of carbonyl (C=O) groups is 1. The monoisotopic (exact) mass is 361 g/mol. The van der Waals surface area contributed by atoms with Gasteiger partial charge in [-0.15, -0.1) is 0 Å². The van der Waals surface area contributed by atoms with E-state index in [0.29, 0.717) is 5.75 Å². The molecule has 0 aliphatic rings. The van der Waals surface area contributed by atoms with Crippen LogP contribution in [-0.4, -0.2) is 12.5 Å². The van der Waals surface area contributed by atoms with Crippen LogP contribution in [0.5, 0.6) is 5.75 Å². The number of halogens is 1. The van der Waals surface area contributed by atoms with Crippen LogP contribution in [0, 0.1) is 13.8 Å². The van der Waals surface area contributed by atoms with E-state index in [-0.39, 0.29) is 18.6 Å². The highest BCUT2D eigenvalue weighted by Crippen LogP contribution is 2.26. The fourth-order valence-electron chi connectivity index (χ4n) is 2.25. The Hall–Kier alpha value is -1.81. The molecular weight excluding hydrogens is 342 g/mol. The van der Waals surface area contributed by atoms with E-state index in [1.54, 1.807) is 0 Å². The Kier molecular flexibility index (Phi) is 5.61. The van der Waals surface area contributed by atoms with Crippen LogP contribution in [0.4, 0.5) is 0 Å². The number of nitrogens with one attached hydrogen (secondary N) is 1. The number of aryl methyl sites for hydroxylation is 2. The van der Waals surface area contributed by atoms with Crippen molar-refractivity contribution in [2.75, 3.05) is 6.61 Å². The first-order valence-electron chi connectivity index (χ1n) is 7.21. The highest BCUT2D eigenvalue weighted by Gasteiger charge is 2.10. The van der Waals surface area contributed by atoms with Crippen LogP contribution in [0.2, 0.25) is 0 Å². The summed E-state index contributed by atoms with van der Waals surface area (Å²) < 4.78 is 6.66. The number of rotatable bonds is 5. The largest absolute Gasteiger partial charge is 0.484 e. The predicted octanol–water partition coefficient (Wildman–Crippen LogP) is 4.32. The molecule has 3 nitrogen and oxygen atoms in total. The van der Waals surface area contributed by atoms with Gasteiger partial charge in [0, 0.05) is 4.47 Å². The molecule has 0 unspecified atom stereocenters. The van der Waals surface area contributed by atoms with Gasteiger partial charge in [0.25, 0.3) is 5.91 Å². The Bertz CT molecular complexity index is 632. The van der Waals surface area contributed by atoms with Crippen molar-refractivity contribution < 1.29 is 9.53 Å². The minimum Gasteiger partial charge on any atom is -0.484 e. The van der Waals surface area contributed by atoms with Crippen LogP contribution in [0.1, 0.15) is 29.7 Å². The third-order valence-electron chi connectivity index (χ3n) is 3.46. The quantitative estimate of drug-likeness (QED) is 0.860. The van der Waals surface area contributed by atoms with Crippen molar-refractivity contribution >= 4 is 21.8 Å². The molecule has 1 atom stereocenters. The van der Waals surface area contributed by atoms with Gasteiger partial charge in [0.15, 0.2) is 6.61 Å². The Labute approximate surface area is 139 Å². The summed E-state index contributed by atoms with van der Waals surface area (Å²) in [4.78, 5) is 12.0. The number of ether oxygens (including phenoxy) is 1. The zero-order valence-electron chi connectivity index (χ0n) is 13.0. The molecule has 0 spiro atoms. The maximum Gasteiger partial charge on any atom is 0.258 e. The molecule has 0 aromatic heterocycles. The summed E-state index contributed by atoms with van der Waals surface area (Å²) in [7, 11) is 0. The number of benzene rings is 2. The van der Waals surface area contributed by atoms with E-state index in [2.05, 4.69) is 21.2 Å². The SMILES string of the molecule is Cc1cc(OCC(=O)N[C@@H](C)c2ccccc2)cc(C)c1Br. The normalized spacial score (nSPS) is 11.8. The van der Waals surface area contributed by atoms with Crippen LogP contribution in [0.15, 0.2) is 46.9 Å². The van der Waals surface area contributed by atoms with E-state index in [9.17, 15) is 4.79 Å². The van der Waals surface area contributed by atoms with E-state index in [1.165, 1.54) is 0 Å². The highest BCUT2D eigenvalue weighted by molar-refractivity contribution is 9.10. The summed E-state index contributed by atoms with van der Waals surface area (Å²) >= 11 is 3.52. The summed E-state index contributed by atoms with van der Waals surface area (Å²) in [5.41, 5.74) is 3.26. The van der Waals surface area contributed by atoms with Crippen LogP contribution < -0.4 is 10.1 Å². The highest BCUT2D eigenvalue weighted by atomic mass is 79.9. The van der Waals surface area contributed by atoms with Gasteiger partial charge in [0.05, 0.1) is 6.04 Å². The van der Waals surface area contributed by atoms with E-state index in [1.807, 2.05) is 63.2 Å². The summed E-state index contributed by atoms with van der Waals surface area (Å²) in [6.45, 7) is 5.97. The first-order chi connectivity index (χ1) is 10.5. The lowest BCUT2D eigenvalue weighted by Gasteiger charge is -2.15. The predicted molar refractivity (Wildman–Crippen MR) is 92.1 cm³/mol. The van der Waals surface area contributed by atoms with Crippen molar-refractivity contribution in [2.45, 2.75) is 26.8 Å². The molecule has 0 heterocycles. The molecule has 2 aromatic carbocycles. The van der Waals surface area contributed by atoms with Gasteiger partial charge in [-0.3, -0.25) is 4.79 Å². The van der Waals surface area contributed by atoms with Gasteiger partial charge in [-0.05, 0) is 49.6 Å². The fraction of sp³-hybridized carbons (Fsp3) is 0.278. The van der Waals surface area contributed by atoms with Crippen molar-refractivity contribution in [1.82, 2.24) is 5.32 Å². The Morgan fingerprint density at radius 1 is 1.18 bits per heavy atom. The molecule has 0 saturated carbocycles. The lowest BCUT2D eigenvalue weighted by atomic mass is 10.1. The Morgan fingerprint density at radius 2 is 1.77 bits per heavy atom. The average Bonchev–Trinajstić information content (AvgIpc) is 2.51. The topological polar surface area (TPSA) is 38.3 Å². The number of hydrogen-bond donors (Lipinski definition) is 1. The molecule has 22 heavy (non-hydrogen) atoms. The number of carbonyl (C=O) groups excluding carboxylic acids is 1. The van der Waals surface area contributed by atoms with Crippen molar-refractivity contribution in [3.63, 3.8) is 0 Å². The first kappa shape index (κ1) is 16.6. The minimum absolute atomic E-state index is 0.0116. The van der Waals surface area contributed by atoms with Crippen molar-refractivity contribution in [2.24, 2.45) is 0 Å². The second kappa shape index (κ2) is 7.45. The Morgan fingerprint density at radius 3 is 2.36 bits per heavy atom. The molecule has 0 saturated heterocycles. The molecule has 0 radical (unpaired) electrons. The van der Waals surface area contributed by atoms with Gasteiger partial charge in [-0.25, -0.2) is 0 Å². The molecule has 2 aromatic rings. The zero-order chi connectivity index (χ0) is 16.1. The van der Waals surface area contributed by atoms with E-state index >= 15 is 0 Å². The molecule has 0 fully saturated rings. The van der Waals surface area contributed by atoms with Crippen molar-refractivity contribution in [3.05, 3.63) is 63.6 Å². The first-order valence-corrected chi connectivity index (χ1v) is 8.00. The third kappa shape index (κ3) is 4.34. The maximum absolute atomic E-state index is 12.0. The molecule has 1 amide bonds. The van der Waals surface area contributed by atoms with E-state index < -0.39 is 0 Å². The molecule has 0 bridgehead atoms. The minimum atomic E-state index is -0.130. The smallest absolute Gasteiger partial charge is 0.258 e. The summed E-state index contributed by atoms with van der Waals surface area (Å²) in [6.07, 6.45) is 0. The lowest BCUT2D eigenvalue weighted by molar-refractivity contribution is -0.123. The standard InChI is InChI=1S/C18H20BrNO2/c1-12-9-16(10-13(2)18(12)19)22-11-17(21)20-14(3)15-7-5-4-6-8-15/h4-10,14H,11H2,1-3H3,(H,20,21)/t14-/m0/s1. The summed E-state index contributed by atoms with van der Waals surface area (Å²) in [5, 5.41) is 2.93. The summed E-state index contributed by atoms with van der Waals surface area (Å²) in [6, 6.07) is 13.7. The van der Waals surface area contributed by atoms with E-state index in [0.717, 1.165) is 21.2 Å². The van der Waals surface area contributed by atoms with Gasteiger partial charge in [0.1, 0.15) is 5.75 Å². The summed E-state index contributed by atoms with van der Waals surface area (Å²) in [5.74, 6) is 0.579. The van der Waals surface area contributed by atoms with Gasteiger partial charge in [-0.2, -0.15) is 0 Å². The molecule has 0 aliphatic carbocycles. The molecule has 2 rings (SSSR count). The van der Waals surface area contributed by atoms with Gasteiger partial charge >= 0.3 is 0 Å². The molecule has 1 N–H and O–H groups in total. The van der Waals surface area contributed by atoms with Crippen LogP contribution in [-0.2, 0) is 4.79 Å². The van der Waals surface area contributed by atoms with E-state index in [4.69, 9.17) is 4.74 Å². The fourth-order valence-corrected chi connectivity index (χ4v) is 2.48. The van der Waals surface area contributed by atoms with Crippen molar-refractivity contribution in [3.8, 4) is 5.75 Å². The zero-order valence-corrected chi connectivity index (χ0v) is 14.6. The second-order valence-corrected chi connectivity index (χ2v) is 6.15. The van der Waals surface area contributed by atoms with Gasteiger partial charge in [-0.1, -0.05) is 46.3 Å². The molecular formula is C18H20BrNO2. The Balaban J connectivity index is 1.90. The number of hydrogen-bond acceptors (Lipinski definition) is 2. The molecule has 116 valence electrons. The lowest BCUT2D eigenvalue weighted by Crippen LogP contribution is -2.31. The maximum atomic E-state index is 12.0. The molecule has 4 heteroatoms. The number of amides is 1. The van der Waals surface area contributed by atoms with Crippen LogP contribution in [0.25, 0.3) is 0 Å². The van der Waals surface area contributed by atoms with Crippen molar-refractivity contribution in [1.29, 1.82) is 0 Å². The van der Waals surface area contributed by atoms with Crippen LogP contribution >= 0.6 is 15.9 Å². The molecule has 0 aliphatic heterocycles.